The number of aromatic amines is 1. The largest absolute Gasteiger partial charge is 0.489 e. The number of fused-ring (bicyclic) bond motifs is 1. The number of nitro groups is 1. The Bertz CT molecular complexity index is 1310. The van der Waals surface area contributed by atoms with Gasteiger partial charge in [0.25, 0.3) is 11.2 Å². The highest BCUT2D eigenvalue weighted by Crippen LogP contribution is 2.28. The summed E-state index contributed by atoms with van der Waals surface area (Å²) in [5.41, 5.74) is 1.28. The van der Waals surface area contributed by atoms with Crippen molar-refractivity contribution >= 4 is 22.3 Å². The normalized spacial score (nSPS) is 10.7. The molecule has 0 spiro atoms. The highest BCUT2D eigenvalue weighted by molar-refractivity contribution is 5.86. The summed E-state index contributed by atoms with van der Waals surface area (Å²) in [6.07, 6.45) is 1.25. The van der Waals surface area contributed by atoms with Crippen molar-refractivity contribution in [2.75, 3.05) is 5.32 Å². The van der Waals surface area contributed by atoms with Gasteiger partial charge in [-0.25, -0.2) is 9.37 Å². The van der Waals surface area contributed by atoms with Crippen LogP contribution in [0.5, 0.6) is 5.75 Å². The number of nitrogens with one attached hydrogen (secondary N) is 2. The van der Waals surface area contributed by atoms with Gasteiger partial charge in [-0.3, -0.25) is 14.9 Å². The van der Waals surface area contributed by atoms with E-state index in [4.69, 9.17) is 4.74 Å². The van der Waals surface area contributed by atoms with Crippen molar-refractivity contribution in [1.29, 1.82) is 0 Å². The van der Waals surface area contributed by atoms with Crippen molar-refractivity contribution < 1.29 is 14.1 Å². The van der Waals surface area contributed by atoms with Crippen molar-refractivity contribution in [3.8, 4) is 5.75 Å². The second kappa shape index (κ2) is 8.62. The molecule has 0 radical (unpaired) electrons. The summed E-state index contributed by atoms with van der Waals surface area (Å²) in [5, 5.41) is 14.6. The topological polar surface area (TPSA) is 110 Å². The number of hydrogen-bond acceptors (Lipinski definition) is 6. The number of benzene rings is 3. The molecule has 0 atom stereocenters. The quantitative estimate of drug-likeness (QED) is 0.343. The summed E-state index contributed by atoms with van der Waals surface area (Å²) in [6.45, 7) is 0.419. The molecule has 9 heteroatoms. The lowest BCUT2D eigenvalue weighted by Gasteiger charge is -2.10. The third-order valence-corrected chi connectivity index (χ3v) is 4.71. The molecule has 0 saturated heterocycles. The predicted octanol–water partition coefficient (Wildman–Crippen LogP) is 4.16. The number of rotatable bonds is 7. The molecule has 0 amide bonds. The number of halogens is 1. The first-order chi connectivity index (χ1) is 15.0. The SMILES string of the molecule is O=c1[nH]cnc2cc(NCc3ccc(OCc4ccccc4F)cc3)c([N+](=O)[O-])cc12. The second-order valence-corrected chi connectivity index (χ2v) is 6.75. The Labute approximate surface area is 175 Å². The zero-order chi connectivity index (χ0) is 21.8. The molecule has 156 valence electrons. The van der Waals surface area contributed by atoms with Crippen molar-refractivity contribution in [3.63, 3.8) is 0 Å². The molecule has 4 rings (SSSR count). The van der Waals surface area contributed by atoms with Gasteiger partial charge in [-0.2, -0.15) is 0 Å². The molecule has 1 heterocycles. The predicted molar refractivity (Wildman–Crippen MR) is 114 cm³/mol. The lowest BCUT2D eigenvalue weighted by Crippen LogP contribution is -2.09. The molecule has 31 heavy (non-hydrogen) atoms. The molecule has 0 aliphatic rings. The van der Waals surface area contributed by atoms with Crippen LogP contribution in [0.3, 0.4) is 0 Å². The molecule has 8 nitrogen and oxygen atoms in total. The number of nitrogens with zero attached hydrogens (tertiary/aromatic N) is 2. The minimum Gasteiger partial charge on any atom is -0.489 e. The van der Waals surface area contributed by atoms with E-state index in [1.807, 2.05) is 0 Å². The molecule has 4 aromatic rings. The summed E-state index contributed by atoms with van der Waals surface area (Å²) in [6, 6.07) is 16.2. The van der Waals surface area contributed by atoms with E-state index in [0.29, 0.717) is 23.4 Å². The summed E-state index contributed by atoms with van der Waals surface area (Å²) < 4.78 is 19.3. The lowest BCUT2D eigenvalue weighted by molar-refractivity contribution is -0.383. The van der Waals surface area contributed by atoms with Gasteiger partial charge in [0, 0.05) is 18.2 Å². The third-order valence-electron chi connectivity index (χ3n) is 4.71. The molecular formula is C22H17FN4O4. The Hall–Kier alpha value is -4.27. The van der Waals surface area contributed by atoms with Crippen molar-refractivity contribution in [2.45, 2.75) is 13.2 Å². The van der Waals surface area contributed by atoms with Crippen LogP contribution in [0.15, 0.2) is 71.8 Å². The maximum atomic E-state index is 13.7. The summed E-state index contributed by atoms with van der Waals surface area (Å²) in [7, 11) is 0. The second-order valence-electron chi connectivity index (χ2n) is 6.75. The van der Waals surface area contributed by atoms with Crippen LogP contribution in [0.25, 0.3) is 10.9 Å². The van der Waals surface area contributed by atoms with Crippen LogP contribution in [0.2, 0.25) is 0 Å². The first kappa shape index (κ1) is 20.0. The van der Waals surface area contributed by atoms with E-state index in [1.165, 1.54) is 24.5 Å². The van der Waals surface area contributed by atoms with E-state index in [2.05, 4.69) is 15.3 Å². The zero-order valence-corrected chi connectivity index (χ0v) is 16.2. The van der Waals surface area contributed by atoms with Gasteiger partial charge >= 0.3 is 0 Å². The lowest BCUT2D eigenvalue weighted by atomic mass is 10.1. The highest BCUT2D eigenvalue weighted by Gasteiger charge is 2.17. The van der Waals surface area contributed by atoms with E-state index in [-0.39, 0.29) is 29.2 Å². The van der Waals surface area contributed by atoms with Crippen molar-refractivity contribution in [2.24, 2.45) is 0 Å². The Morgan fingerprint density at radius 1 is 1.13 bits per heavy atom. The monoisotopic (exact) mass is 420 g/mol. The molecule has 1 aromatic heterocycles. The van der Waals surface area contributed by atoms with Crippen LogP contribution >= 0.6 is 0 Å². The van der Waals surface area contributed by atoms with Gasteiger partial charge in [-0.05, 0) is 29.8 Å². The minimum atomic E-state index is -0.548. The molecular weight excluding hydrogens is 403 g/mol. The van der Waals surface area contributed by atoms with Gasteiger partial charge in [0.05, 0.1) is 22.2 Å². The van der Waals surface area contributed by atoms with Gasteiger partial charge in [0.15, 0.2) is 0 Å². The van der Waals surface area contributed by atoms with Crippen molar-refractivity contribution in [3.05, 3.63) is 104 Å². The van der Waals surface area contributed by atoms with Crippen LogP contribution in [0, 0.1) is 15.9 Å². The standard InChI is InChI=1S/C22H17FN4O4/c23-18-4-2-1-3-15(18)12-31-16-7-5-14(6-8-16)11-24-20-10-19-17(9-21(20)27(29)30)22(28)26-13-25-19/h1-10,13,24H,11-12H2,(H,25,26,28). The van der Waals surface area contributed by atoms with Crippen LogP contribution in [0.1, 0.15) is 11.1 Å². The fourth-order valence-corrected chi connectivity index (χ4v) is 3.07. The zero-order valence-electron chi connectivity index (χ0n) is 16.2. The first-order valence-corrected chi connectivity index (χ1v) is 9.36. The van der Waals surface area contributed by atoms with Gasteiger partial charge in [-0.15, -0.1) is 0 Å². The van der Waals surface area contributed by atoms with E-state index >= 15 is 0 Å². The van der Waals surface area contributed by atoms with E-state index < -0.39 is 10.5 Å². The molecule has 0 fully saturated rings. The molecule has 0 bridgehead atoms. The van der Waals surface area contributed by atoms with Crippen LogP contribution in [-0.2, 0) is 13.2 Å². The molecule has 3 aromatic carbocycles. The molecule has 0 unspecified atom stereocenters. The van der Waals surface area contributed by atoms with Gasteiger partial charge in [0.1, 0.15) is 23.9 Å². The number of H-pyrrole nitrogens is 1. The first-order valence-electron chi connectivity index (χ1n) is 9.36. The molecule has 2 N–H and O–H groups in total. The van der Waals surface area contributed by atoms with Gasteiger partial charge in [0.2, 0.25) is 0 Å². The van der Waals surface area contributed by atoms with E-state index in [1.54, 1.807) is 42.5 Å². The third kappa shape index (κ3) is 4.50. The van der Waals surface area contributed by atoms with Gasteiger partial charge < -0.3 is 15.0 Å². The molecule has 0 aliphatic carbocycles. The summed E-state index contributed by atoms with van der Waals surface area (Å²) in [5.74, 6) is 0.254. The minimum absolute atomic E-state index is 0.111. The summed E-state index contributed by atoms with van der Waals surface area (Å²) in [4.78, 5) is 29.2. The Morgan fingerprint density at radius 2 is 1.90 bits per heavy atom. The number of anilines is 1. The van der Waals surface area contributed by atoms with Gasteiger partial charge in [-0.1, -0.05) is 30.3 Å². The molecule has 0 aliphatic heterocycles. The Kier molecular flexibility index (Phi) is 5.57. The number of nitro benzene ring substituents is 1. The fourth-order valence-electron chi connectivity index (χ4n) is 3.07. The van der Waals surface area contributed by atoms with Crippen molar-refractivity contribution in [1.82, 2.24) is 9.97 Å². The number of hydrogen-bond donors (Lipinski definition) is 2. The van der Waals surface area contributed by atoms with Crippen LogP contribution in [-0.4, -0.2) is 14.9 Å². The Morgan fingerprint density at radius 3 is 2.65 bits per heavy atom. The smallest absolute Gasteiger partial charge is 0.293 e. The highest BCUT2D eigenvalue weighted by atomic mass is 19.1. The number of ether oxygens (including phenoxy) is 1. The summed E-state index contributed by atoms with van der Waals surface area (Å²) >= 11 is 0. The van der Waals surface area contributed by atoms with E-state index in [0.717, 1.165) is 5.56 Å². The maximum Gasteiger partial charge on any atom is 0.293 e. The molecule has 0 saturated carbocycles. The average molecular weight is 420 g/mol. The number of aromatic nitrogens is 2. The van der Waals surface area contributed by atoms with Crippen LogP contribution in [0.4, 0.5) is 15.8 Å². The van der Waals surface area contributed by atoms with Crippen LogP contribution < -0.4 is 15.6 Å². The maximum absolute atomic E-state index is 13.7. The van der Waals surface area contributed by atoms with E-state index in [9.17, 15) is 19.3 Å². The average Bonchev–Trinajstić information content (AvgIpc) is 2.77. The Balaban J connectivity index is 1.46. The fraction of sp³-hybridized carbons (Fsp3) is 0.0909.